The Hall–Kier alpha value is -2.05. The maximum atomic E-state index is 12.6. The lowest BCUT2D eigenvalue weighted by Crippen LogP contribution is -2.49. The second-order valence-corrected chi connectivity index (χ2v) is 6.51. The van der Waals surface area contributed by atoms with Crippen molar-refractivity contribution >= 4 is 23.0 Å². The van der Waals surface area contributed by atoms with E-state index >= 15 is 0 Å². The highest BCUT2D eigenvalue weighted by atomic mass is 32.1. The van der Waals surface area contributed by atoms with Crippen LogP contribution in [0.1, 0.15) is 28.9 Å². The fraction of sp³-hybridized carbons (Fsp3) is 0.389. The minimum absolute atomic E-state index is 0.0448. The Balaban J connectivity index is 1.60. The van der Waals surface area contributed by atoms with Gasteiger partial charge in [0.1, 0.15) is 0 Å². The normalized spacial score (nSPS) is 17.7. The second-order valence-electron chi connectivity index (χ2n) is 5.79. The number of amides is 1. The number of nitrogens with zero attached hydrogens (tertiary/aromatic N) is 2. The number of rotatable bonds is 6. The Morgan fingerprint density at radius 3 is 2.88 bits per heavy atom. The maximum absolute atomic E-state index is 12.6. The molecule has 0 unspecified atom stereocenters. The number of ketones is 1. The van der Waals surface area contributed by atoms with Gasteiger partial charge in [0.25, 0.3) is 0 Å². The molecular weight excluding hydrogens is 324 g/mol. The summed E-state index contributed by atoms with van der Waals surface area (Å²) < 4.78 is 5.49. The summed E-state index contributed by atoms with van der Waals surface area (Å²) in [6, 6.07) is 9.01. The van der Waals surface area contributed by atoms with Crippen LogP contribution in [-0.4, -0.2) is 47.4 Å². The van der Waals surface area contributed by atoms with Crippen molar-refractivity contribution in [1.29, 1.82) is 0 Å². The largest absolute Gasteiger partial charge is 0.377 e. The minimum Gasteiger partial charge on any atom is -0.377 e. The van der Waals surface area contributed by atoms with Crippen molar-refractivity contribution in [3.8, 4) is 0 Å². The summed E-state index contributed by atoms with van der Waals surface area (Å²) in [5, 5.41) is 1.96. The molecule has 0 saturated carbocycles. The Morgan fingerprint density at radius 1 is 1.29 bits per heavy atom. The SMILES string of the molecule is O=C(C[C@H]1COCCN1C(=O)CCc1cscn1)c1ccccc1. The highest BCUT2D eigenvalue weighted by Gasteiger charge is 2.29. The van der Waals surface area contributed by atoms with E-state index < -0.39 is 0 Å². The van der Waals surface area contributed by atoms with Gasteiger partial charge in [-0.3, -0.25) is 9.59 Å². The van der Waals surface area contributed by atoms with E-state index in [1.54, 1.807) is 22.5 Å². The highest BCUT2D eigenvalue weighted by molar-refractivity contribution is 7.07. The van der Waals surface area contributed by atoms with Crippen LogP contribution in [0.3, 0.4) is 0 Å². The van der Waals surface area contributed by atoms with E-state index in [0.717, 1.165) is 5.69 Å². The van der Waals surface area contributed by atoms with E-state index in [0.29, 0.717) is 44.6 Å². The summed E-state index contributed by atoms with van der Waals surface area (Å²) >= 11 is 1.53. The molecule has 3 rings (SSSR count). The van der Waals surface area contributed by atoms with Crippen LogP contribution in [0, 0.1) is 0 Å². The maximum Gasteiger partial charge on any atom is 0.223 e. The van der Waals surface area contributed by atoms with Crippen LogP contribution in [0.4, 0.5) is 0 Å². The predicted octanol–water partition coefficient (Wildman–Crippen LogP) is 2.58. The summed E-state index contributed by atoms with van der Waals surface area (Å²) in [6.45, 7) is 1.49. The van der Waals surface area contributed by atoms with Gasteiger partial charge in [0.2, 0.25) is 5.91 Å². The molecule has 2 heterocycles. The number of hydrogen-bond donors (Lipinski definition) is 0. The Morgan fingerprint density at radius 2 is 2.12 bits per heavy atom. The van der Waals surface area contributed by atoms with Crippen LogP contribution in [0.2, 0.25) is 0 Å². The van der Waals surface area contributed by atoms with Crippen LogP contribution in [0.5, 0.6) is 0 Å². The first-order valence-corrected chi connectivity index (χ1v) is 9.01. The molecule has 1 amide bonds. The van der Waals surface area contributed by atoms with Crippen molar-refractivity contribution in [2.75, 3.05) is 19.8 Å². The molecule has 5 nitrogen and oxygen atoms in total. The molecule has 0 aliphatic carbocycles. The molecule has 126 valence electrons. The van der Waals surface area contributed by atoms with Gasteiger partial charge in [-0.15, -0.1) is 11.3 Å². The Bertz CT molecular complexity index is 673. The third-order valence-corrected chi connectivity index (χ3v) is 4.78. The average Bonchev–Trinajstić information content (AvgIpc) is 3.14. The quantitative estimate of drug-likeness (QED) is 0.756. The van der Waals surface area contributed by atoms with Gasteiger partial charge in [-0.25, -0.2) is 4.98 Å². The molecule has 0 radical (unpaired) electrons. The van der Waals surface area contributed by atoms with Crippen LogP contribution < -0.4 is 0 Å². The lowest BCUT2D eigenvalue weighted by atomic mass is 10.0. The van der Waals surface area contributed by atoms with E-state index in [4.69, 9.17) is 4.74 Å². The van der Waals surface area contributed by atoms with Gasteiger partial charge in [-0.05, 0) is 6.42 Å². The number of benzene rings is 1. The standard InChI is InChI=1S/C18H20N2O3S/c21-17(14-4-2-1-3-5-14)10-16-11-23-9-8-20(16)18(22)7-6-15-12-24-13-19-15/h1-5,12-13,16H,6-11H2/t16-/m0/s1. The molecule has 1 atom stereocenters. The average molecular weight is 344 g/mol. The van der Waals surface area contributed by atoms with Gasteiger partial charge in [0.15, 0.2) is 5.78 Å². The molecule has 1 aliphatic heterocycles. The van der Waals surface area contributed by atoms with Gasteiger partial charge < -0.3 is 9.64 Å². The molecule has 2 aromatic rings. The van der Waals surface area contributed by atoms with Crippen LogP contribution in [-0.2, 0) is 16.0 Å². The third kappa shape index (κ3) is 4.27. The van der Waals surface area contributed by atoms with Gasteiger partial charge in [-0.2, -0.15) is 0 Å². The zero-order chi connectivity index (χ0) is 16.8. The molecule has 0 N–H and O–H groups in total. The van der Waals surface area contributed by atoms with Gasteiger partial charge in [-0.1, -0.05) is 30.3 Å². The summed E-state index contributed by atoms with van der Waals surface area (Å²) in [4.78, 5) is 31.0. The molecule has 6 heteroatoms. The number of hydrogen-bond acceptors (Lipinski definition) is 5. The summed E-state index contributed by atoms with van der Waals surface area (Å²) in [5.41, 5.74) is 3.40. The topological polar surface area (TPSA) is 59.5 Å². The first kappa shape index (κ1) is 16.8. The van der Waals surface area contributed by atoms with Crippen molar-refractivity contribution in [2.45, 2.75) is 25.3 Å². The fourth-order valence-corrected chi connectivity index (χ4v) is 3.44. The number of thiazole rings is 1. The fourth-order valence-electron chi connectivity index (χ4n) is 2.85. The monoisotopic (exact) mass is 344 g/mol. The molecule has 0 bridgehead atoms. The van der Waals surface area contributed by atoms with Crippen LogP contribution in [0.15, 0.2) is 41.2 Å². The molecule has 1 saturated heterocycles. The second kappa shape index (κ2) is 8.17. The Labute approximate surface area is 145 Å². The van der Waals surface area contributed by atoms with Gasteiger partial charge in [0, 0.05) is 30.3 Å². The summed E-state index contributed by atoms with van der Waals surface area (Å²) in [7, 11) is 0. The summed E-state index contributed by atoms with van der Waals surface area (Å²) in [5.74, 6) is 0.112. The van der Waals surface area contributed by atoms with E-state index in [-0.39, 0.29) is 17.7 Å². The van der Waals surface area contributed by atoms with E-state index in [9.17, 15) is 9.59 Å². The van der Waals surface area contributed by atoms with Crippen molar-refractivity contribution in [2.24, 2.45) is 0 Å². The van der Waals surface area contributed by atoms with Crippen molar-refractivity contribution in [3.05, 3.63) is 52.5 Å². The highest BCUT2D eigenvalue weighted by Crippen LogP contribution is 2.16. The van der Waals surface area contributed by atoms with Crippen molar-refractivity contribution < 1.29 is 14.3 Å². The zero-order valence-electron chi connectivity index (χ0n) is 13.4. The number of carbonyl (C=O) groups is 2. The van der Waals surface area contributed by atoms with Crippen molar-refractivity contribution in [1.82, 2.24) is 9.88 Å². The number of aryl methyl sites for hydroxylation is 1. The van der Waals surface area contributed by atoms with E-state index in [2.05, 4.69) is 4.98 Å². The zero-order valence-corrected chi connectivity index (χ0v) is 14.2. The molecule has 0 spiro atoms. The smallest absolute Gasteiger partial charge is 0.223 e. The molecule has 1 fully saturated rings. The van der Waals surface area contributed by atoms with E-state index in [1.807, 2.05) is 23.6 Å². The number of ether oxygens (including phenoxy) is 1. The first-order valence-electron chi connectivity index (χ1n) is 8.06. The number of carbonyl (C=O) groups excluding carboxylic acids is 2. The number of aromatic nitrogens is 1. The molecular formula is C18H20N2O3S. The molecule has 1 aromatic heterocycles. The van der Waals surface area contributed by atoms with Crippen LogP contribution in [0.25, 0.3) is 0 Å². The molecule has 24 heavy (non-hydrogen) atoms. The first-order chi connectivity index (χ1) is 11.7. The Kier molecular flexibility index (Phi) is 5.72. The molecule has 1 aliphatic rings. The van der Waals surface area contributed by atoms with Gasteiger partial charge in [0.05, 0.1) is 30.5 Å². The van der Waals surface area contributed by atoms with Crippen molar-refractivity contribution in [3.63, 3.8) is 0 Å². The van der Waals surface area contributed by atoms with E-state index in [1.165, 1.54) is 11.3 Å². The molecule has 1 aromatic carbocycles. The minimum atomic E-state index is -0.186. The number of Topliss-reactive ketones (excluding diaryl/α,β-unsaturated/α-hetero) is 1. The van der Waals surface area contributed by atoms with Gasteiger partial charge >= 0.3 is 0 Å². The number of morpholine rings is 1. The lowest BCUT2D eigenvalue weighted by Gasteiger charge is -2.35. The van der Waals surface area contributed by atoms with Crippen LogP contribution >= 0.6 is 11.3 Å². The predicted molar refractivity (Wildman–Crippen MR) is 92.1 cm³/mol. The summed E-state index contributed by atoms with van der Waals surface area (Å²) in [6.07, 6.45) is 1.35. The lowest BCUT2D eigenvalue weighted by molar-refractivity contribution is -0.139. The third-order valence-electron chi connectivity index (χ3n) is 4.14.